The van der Waals surface area contributed by atoms with Crippen LogP contribution in [0, 0.1) is 17.5 Å². The van der Waals surface area contributed by atoms with Crippen LogP contribution in [-0.4, -0.2) is 18.4 Å². The van der Waals surface area contributed by atoms with E-state index in [2.05, 4.69) is 5.32 Å². The number of halogens is 3. The zero-order chi connectivity index (χ0) is 18.1. The van der Waals surface area contributed by atoms with Crippen molar-refractivity contribution in [2.24, 2.45) is 0 Å². The standard InChI is InChI=1S/C18H15F3N2O2/c1-10(24)23-9-11(12-4-2-3-5-15(12)23)8-16(25)22-14-7-6-13(19)17(20)18(14)21/h2-7,11H,8-9H2,1H3,(H,22,25). The Morgan fingerprint density at radius 1 is 1.12 bits per heavy atom. The lowest BCUT2D eigenvalue weighted by atomic mass is 9.97. The molecule has 0 bridgehead atoms. The molecular weight excluding hydrogens is 333 g/mol. The summed E-state index contributed by atoms with van der Waals surface area (Å²) in [5.41, 5.74) is 1.17. The van der Waals surface area contributed by atoms with Crippen molar-refractivity contribution in [3.05, 3.63) is 59.4 Å². The Hall–Kier alpha value is -2.83. The summed E-state index contributed by atoms with van der Waals surface area (Å²) in [5, 5.41) is 2.26. The van der Waals surface area contributed by atoms with Crippen molar-refractivity contribution >= 4 is 23.2 Å². The van der Waals surface area contributed by atoms with Gasteiger partial charge in [0.05, 0.1) is 5.69 Å². The van der Waals surface area contributed by atoms with E-state index < -0.39 is 29.0 Å². The van der Waals surface area contributed by atoms with Crippen molar-refractivity contribution in [1.29, 1.82) is 0 Å². The molecule has 0 aromatic heterocycles. The van der Waals surface area contributed by atoms with Gasteiger partial charge in [-0.2, -0.15) is 0 Å². The molecule has 25 heavy (non-hydrogen) atoms. The summed E-state index contributed by atoms with van der Waals surface area (Å²) >= 11 is 0. The molecule has 4 nitrogen and oxygen atoms in total. The summed E-state index contributed by atoms with van der Waals surface area (Å²) in [6.45, 7) is 1.78. The number of hydrogen-bond donors (Lipinski definition) is 1. The largest absolute Gasteiger partial charge is 0.323 e. The highest BCUT2D eigenvalue weighted by Gasteiger charge is 2.32. The second-order valence-corrected chi connectivity index (χ2v) is 5.86. The fourth-order valence-corrected chi connectivity index (χ4v) is 3.02. The summed E-state index contributed by atoms with van der Waals surface area (Å²) in [7, 11) is 0. The van der Waals surface area contributed by atoms with E-state index in [9.17, 15) is 22.8 Å². The van der Waals surface area contributed by atoms with Crippen LogP contribution in [0.1, 0.15) is 24.8 Å². The third-order valence-electron chi connectivity index (χ3n) is 4.19. The molecule has 0 saturated heterocycles. The fourth-order valence-electron chi connectivity index (χ4n) is 3.02. The number of nitrogens with one attached hydrogen (secondary N) is 1. The van der Waals surface area contributed by atoms with Gasteiger partial charge in [0.1, 0.15) is 0 Å². The molecule has 0 saturated carbocycles. The monoisotopic (exact) mass is 348 g/mol. The maximum absolute atomic E-state index is 13.7. The van der Waals surface area contributed by atoms with Crippen molar-refractivity contribution in [1.82, 2.24) is 0 Å². The van der Waals surface area contributed by atoms with Crippen LogP contribution in [0.15, 0.2) is 36.4 Å². The summed E-state index contributed by atoms with van der Waals surface area (Å²) in [6.07, 6.45) is -0.0147. The lowest BCUT2D eigenvalue weighted by molar-refractivity contribution is -0.118. The molecule has 1 N–H and O–H groups in total. The first kappa shape index (κ1) is 17.0. The maximum atomic E-state index is 13.7. The molecule has 0 radical (unpaired) electrons. The highest BCUT2D eigenvalue weighted by atomic mass is 19.2. The Labute approximate surface area is 142 Å². The minimum atomic E-state index is -1.63. The van der Waals surface area contributed by atoms with E-state index in [0.717, 1.165) is 23.4 Å². The predicted molar refractivity (Wildman–Crippen MR) is 86.8 cm³/mol. The zero-order valence-electron chi connectivity index (χ0n) is 13.4. The third kappa shape index (κ3) is 3.22. The molecule has 1 aliphatic rings. The number of anilines is 2. The van der Waals surface area contributed by atoms with Crippen molar-refractivity contribution in [2.45, 2.75) is 19.3 Å². The Morgan fingerprint density at radius 2 is 1.84 bits per heavy atom. The van der Waals surface area contributed by atoms with Gasteiger partial charge < -0.3 is 10.2 Å². The number of fused-ring (bicyclic) bond motifs is 1. The topological polar surface area (TPSA) is 49.4 Å². The van der Waals surface area contributed by atoms with E-state index >= 15 is 0 Å². The lowest BCUT2D eigenvalue weighted by Gasteiger charge is -2.15. The highest BCUT2D eigenvalue weighted by Crippen LogP contribution is 2.38. The molecule has 1 heterocycles. The highest BCUT2D eigenvalue weighted by molar-refractivity contribution is 5.96. The average molecular weight is 348 g/mol. The molecule has 0 spiro atoms. The van der Waals surface area contributed by atoms with E-state index in [-0.39, 0.29) is 18.2 Å². The van der Waals surface area contributed by atoms with E-state index in [0.29, 0.717) is 6.54 Å². The molecule has 2 amide bonds. The Bertz CT molecular complexity index is 854. The van der Waals surface area contributed by atoms with Crippen LogP contribution in [0.5, 0.6) is 0 Å². The maximum Gasteiger partial charge on any atom is 0.225 e. The lowest BCUT2D eigenvalue weighted by Crippen LogP contribution is -2.28. The first-order valence-corrected chi connectivity index (χ1v) is 7.69. The number of hydrogen-bond acceptors (Lipinski definition) is 2. The predicted octanol–water partition coefficient (Wildman–Crippen LogP) is 3.58. The number of benzene rings is 2. The second-order valence-electron chi connectivity index (χ2n) is 5.86. The van der Waals surface area contributed by atoms with Gasteiger partial charge in [-0.25, -0.2) is 13.2 Å². The SMILES string of the molecule is CC(=O)N1CC(CC(=O)Nc2ccc(F)c(F)c2F)c2ccccc21. The smallest absolute Gasteiger partial charge is 0.225 e. The van der Waals surface area contributed by atoms with Gasteiger partial charge in [-0.1, -0.05) is 18.2 Å². The van der Waals surface area contributed by atoms with Gasteiger partial charge in [-0.3, -0.25) is 9.59 Å². The van der Waals surface area contributed by atoms with Crippen LogP contribution in [0.4, 0.5) is 24.5 Å². The molecular formula is C18H15F3N2O2. The molecule has 0 fully saturated rings. The van der Waals surface area contributed by atoms with Crippen LogP contribution in [0.25, 0.3) is 0 Å². The number of para-hydroxylation sites is 1. The minimum absolute atomic E-state index is 0.0147. The average Bonchev–Trinajstić information content (AvgIpc) is 2.94. The Kier molecular flexibility index (Phi) is 4.48. The van der Waals surface area contributed by atoms with Gasteiger partial charge >= 0.3 is 0 Å². The first-order chi connectivity index (χ1) is 11.9. The molecule has 2 aromatic rings. The van der Waals surface area contributed by atoms with Crippen molar-refractivity contribution < 1.29 is 22.8 Å². The Morgan fingerprint density at radius 3 is 2.56 bits per heavy atom. The summed E-state index contributed by atoms with van der Waals surface area (Å²) in [5.74, 6) is -5.33. The van der Waals surface area contributed by atoms with Gasteiger partial charge in [-0.15, -0.1) is 0 Å². The third-order valence-corrected chi connectivity index (χ3v) is 4.19. The van der Waals surface area contributed by atoms with E-state index in [1.807, 2.05) is 12.1 Å². The van der Waals surface area contributed by atoms with Crippen molar-refractivity contribution in [2.75, 3.05) is 16.8 Å². The number of amides is 2. The van der Waals surface area contributed by atoms with Crippen LogP contribution in [0.3, 0.4) is 0 Å². The van der Waals surface area contributed by atoms with E-state index in [1.54, 1.807) is 17.0 Å². The van der Waals surface area contributed by atoms with Crippen LogP contribution in [0.2, 0.25) is 0 Å². The van der Waals surface area contributed by atoms with Crippen molar-refractivity contribution in [3.8, 4) is 0 Å². The molecule has 1 unspecified atom stereocenters. The molecule has 0 aliphatic carbocycles. The summed E-state index contributed by atoms with van der Waals surface area (Å²) in [6, 6.07) is 8.95. The first-order valence-electron chi connectivity index (χ1n) is 7.69. The van der Waals surface area contributed by atoms with Crippen LogP contribution >= 0.6 is 0 Å². The summed E-state index contributed by atoms with van der Waals surface area (Å²) < 4.78 is 39.8. The number of rotatable bonds is 3. The normalized spacial score (nSPS) is 15.8. The number of nitrogens with zero attached hydrogens (tertiary/aromatic N) is 1. The molecule has 1 aliphatic heterocycles. The second kappa shape index (κ2) is 6.58. The quantitative estimate of drug-likeness (QED) is 0.862. The van der Waals surface area contributed by atoms with Crippen molar-refractivity contribution in [3.63, 3.8) is 0 Å². The number of carbonyl (C=O) groups is 2. The molecule has 130 valence electrons. The fraction of sp³-hybridized carbons (Fsp3) is 0.222. The van der Waals surface area contributed by atoms with Crippen LogP contribution < -0.4 is 10.2 Å². The molecule has 3 rings (SSSR count). The van der Waals surface area contributed by atoms with Gasteiger partial charge in [0, 0.05) is 31.5 Å². The van der Waals surface area contributed by atoms with Crippen LogP contribution in [-0.2, 0) is 9.59 Å². The zero-order valence-corrected chi connectivity index (χ0v) is 13.4. The molecule has 1 atom stereocenters. The number of carbonyl (C=O) groups excluding carboxylic acids is 2. The molecule has 7 heteroatoms. The minimum Gasteiger partial charge on any atom is -0.323 e. The van der Waals surface area contributed by atoms with Gasteiger partial charge in [-0.05, 0) is 23.8 Å². The Balaban J connectivity index is 1.76. The van der Waals surface area contributed by atoms with Gasteiger partial charge in [0.2, 0.25) is 11.8 Å². The van der Waals surface area contributed by atoms with E-state index in [1.165, 1.54) is 6.92 Å². The summed E-state index contributed by atoms with van der Waals surface area (Å²) in [4.78, 5) is 25.5. The van der Waals surface area contributed by atoms with Gasteiger partial charge in [0.15, 0.2) is 17.5 Å². The molecule has 2 aromatic carbocycles. The van der Waals surface area contributed by atoms with E-state index in [4.69, 9.17) is 0 Å². The van der Waals surface area contributed by atoms with Gasteiger partial charge in [0.25, 0.3) is 0 Å².